The molecule has 1 aromatic carbocycles. The van der Waals surface area contributed by atoms with Crippen LogP contribution < -0.4 is 0 Å². The lowest BCUT2D eigenvalue weighted by molar-refractivity contribution is 0.174. The van der Waals surface area contributed by atoms with Gasteiger partial charge in [-0.2, -0.15) is 0 Å². The molecule has 0 bridgehead atoms. The van der Waals surface area contributed by atoms with E-state index in [2.05, 4.69) is 34.6 Å². The Morgan fingerprint density at radius 3 is 2.95 bits per heavy atom. The Morgan fingerprint density at radius 1 is 1.19 bits per heavy atom. The molecule has 3 nitrogen and oxygen atoms in total. The van der Waals surface area contributed by atoms with Crippen LogP contribution in [0.15, 0.2) is 18.2 Å². The molecular weight excluding hydrogens is 282 g/mol. The number of piperidine rings is 1. The molecular formula is C17H22ClN3. The Labute approximate surface area is 130 Å². The van der Waals surface area contributed by atoms with E-state index < -0.39 is 0 Å². The molecule has 2 fully saturated rings. The SMILES string of the molecule is Cc1ccc2nc(CCl)n(C3CCN4CCCCC34)c2c1. The number of rotatable bonds is 2. The highest BCUT2D eigenvalue weighted by Gasteiger charge is 2.37. The van der Waals surface area contributed by atoms with Crippen molar-refractivity contribution < 1.29 is 0 Å². The molecule has 0 spiro atoms. The second kappa shape index (κ2) is 5.29. The zero-order chi connectivity index (χ0) is 14.4. The molecule has 2 unspecified atom stereocenters. The van der Waals surface area contributed by atoms with E-state index in [0.29, 0.717) is 18.0 Å². The lowest BCUT2D eigenvalue weighted by Crippen LogP contribution is -2.38. The van der Waals surface area contributed by atoms with Crippen molar-refractivity contribution in [3.63, 3.8) is 0 Å². The number of benzene rings is 1. The Bertz CT molecular complexity index is 663. The van der Waals surface area contributed by atoms with Gasteiger partial charge < -0.3 is 4.57 Å². The van der Waals surface area contributed by atoms with Crippen molar-refractivity contribution in [2.24, 2.45) is 0 Å². The molecule has 21 heavy (non-hydrogen) atoms. The Balaban J connectivity index is 1.83. The minimum Gasteiger partial charge on any atom is -0.322 e. The van der Waals surface area contributed by atoms with Crippen LogP contribution in [-0.4, -0.2) is 33.6 Å². The first-order valence-electron chi connectivity index (χ1n) is 8.05. The van der Waals surface area contributed by atoms with Crippen molar-refractivity contribution in [2.45, 2.75) is 50.6 Å². The number of aromatic nitrogens is 2. The van der Waals surface area contributed by atoms with Crippen molar-refractivity contribution in [3.8, 4) is 0 Å². The van der Waals surface area contributed by atoms with E-state index in [1.165, 1.54) is 49.9 Å². The molecule has 2 saturated heterocycles. The van der Waals surface area contributed by atoms with Crippen LogP contribution in [0.25, 0.3) is 11.0 Å². The van der Waals surface area contributed by atoms with Gasteiger partial charge in [0.05, 0.1) is 23.0 Å². The molecule has 0 amide bonds. The van der Waals surface area contributed by atoms with Gasteiger partial charge in [0, 0.05) is 12.6 Å². The molecule has 2 atom stereocenters. The van der Waals surface area contributed by atoms with E-state index >= 15 is 0 Å². The average molecular weight is 304 g/mol. The number of nitrogens with zero attached hydrogens (tertiary/aromatic N) is 3. The maximum atomic E-state index is 6.20. The Morgan fingerprint density at radius 2 is 2.10 bits per heavy atom. The van der Waals surface area contributed by atoms with Gasteiger partial charge in [-0.1, -0.05) is 12.5 Å². The molecule has 112 valence electrons. The van der Waals surface area contributed by atoms with Gasteiger partial charge in [-0.25, -0.2) is 4.98 Å². The number of imidazole rings is 1. The van der Waals surface area contributed by atoms with Crippen molar-refractivity contribution in [3.05, 3.63) is 29.6 Å². The summed E-state index contributed by atoms with van der Waals surface area (Å²) in [6.07, 6.45) is 5.26. The molecule has 0 N–H and O–H groups in total. The van der Waals surface area contributed by atoms with Crippen molar-refractivity contribution >= 4 is 22.6 Å². The highest BCUT2D eigenvalue weighted by atomic mass is 35.5. The summed E-state index contributed by atoms with van der Waals surface area (Å²) in [6.45, 7) is 4.64. The first-order chi connectivity index (χ1) is 10.3. The predicted octanol–water partition coefficient (Wildman–Crippen LogP) is 3.88. The second-order valence-corrected chi connectivity index (χ2v) is 6.75. The summed E-state index contributed by atoms with van der Waals surface area (Å²) in [5, 5.41) is 0. The molecule has 0 aliphatic carbocycles. The summed E-state index contributed by atoms with van der Waals surface area (Å²) >= 11 is 6.20. The smallest absolute Gasteiger partial charge is 0.125 e. The maximum absolute atomic E-state index is 6.20. The fourth-order valence-corrected chi connectivity index (χ4v) is 4.43. The number of aryl methyl sites for hydroxylation is 1. The van der Waals surface area contributed by atoms with E-state index in [1.807, 2.05) is 0 Å². The number of hydrogen-bond acceptors (Lipinski definition) is 2. The summed E-state index contributed by atoms with van der Waals surface area (Å²) < 4.78 is 2.45. The minimum atomic E-state index is 0.497. The van der Waals surface area contributed by atoms with Gasteiger partial charge in [0.25, 0.3) is 0 Å². The van der Waals surface area contributed by atoms with Gasteiger partial charge in [0.1, 0.15) is 5.82 Å². The summed E-state index contributed by atoms with van der Waals surface area (Å²) in [6, 6.07) is 7.76. The standard InChI is InChI=1S/C17H22ClN3/c1-12-5-6-13-16(10-12)21(17(11-18)19-13)15-7-9-20-8-3-2-4-14(15)20/h5-6,10,14-15H,2-4,7-9,11H2,1H3. The molecule has 3 heterocycles. The largest absolute Gasteiger partial charge is 0.322 e. The number of halogens is 1. The topological polar surface area (TPSA) is 21.1 Å². The third-order valence-electron chi connectivity index (χ3n) is 5.19. The zero-order valence-electron chi connectivity index (χ0n) is 12.6. The number of alkyl halides is 1. The van der Waals surface area contributed by atoms with Crippen molar-refractivity contribution in [2.75, 3.05) is 13.1 Å². The Kier molecular flexibility index (Phi) is 3.43. The van der Waals surface area contributed by atoms with Gasteiger partial charge in [-0.05, 0) is 50.4 Å². The highest BCUT2D eigenvalue weighted by Crippen LogP contribution is 2.38. The van der Waals surface area contributed by atoms with Gasteiger partial charge >= 0.3 is 0 Å². The molecule has 4 heteroatoms. The number of fused-ring (bicyclic) bond motifs is 2. The molecule has 1 aromatic heterocycles. The van der Waals surface area contributed by atoms with Crippen LogP contribution in [0.4, 0.5) is 0 Å². The molecule has 2 aromatic rings. The lowest BCUT2D eigenvalue weighted by atomic mass is 9.98. The van der Waals surface area contributed by atoms with E-state index in [9.17, 15) is 0 Å². The molecule has 0 saturated carbocycles. The summed E-state index contributed by atoms with van der Waals surface area (Å²) in [7, 11) is 0. The first kappa shape index (κ1) is 13.6. The molecule has 2 aliphatic rings. The van der Waals surface area contributed by atoms with Gasteiger partial charge in [0.2, 0.25) is 0 Å². The summed E-state index contributed by atoms with van der Waals surface area (Å²) in [5.41, 5.74) is 3.65. The molecule has 4 rings (SSSR count). The van der Waals surface area contributed by atoms with Gasteiger partial charge in [-0.15, -0.1) is 11.6 Å². The van der Waals surface area contributed by atoms with Crippen LogP contribution in [0.5, 0.6) is 0 Å². The van der Waals surface area contributed by atoms with Crippen LogP contribution in [0.1, 0.15) is 43.1 Å². The Hall–Kier alpha value is -1.06. The van der Waals surface area contributed by atoms with Crippen LogP contribution in [-0.2, 0) is 5.88 Å². The second-order valence-electron chi connectivity index (χ2n) is 6.48. The molecule has 2 aliphatic heterocycles. The zero-order valence-corrected chi connectivity index (χ0v) is 13.3. The monoisotopic (exact) mass is 303 g/mol. The predicted molar refractivity (Wildman–Crippen MR) is 86.9 cm³/mol. The van der Waals surface area contributed by atoms with Crippen LogP contribution in [0.2, 0.25) is 0 Å². The fraction of sp³-hybridized carbons (Fsp3) is 0.588. The third-order valence-corrected chi connectivity index (χ3v) is 5.43. The fourth-order valence-electron chi connectivity index (χ4n) is 4.24. The summed E-state index contributed by atoms with van der Waals surface area (Å²) in [4.78, 5) is 7.44. The average Bonchev–Trinajstić information content (AvgIpc) is 3.07. The van der Waals surface area contributed by atoms with Gasteiger partial charge in [0.15, 0.2) is 0 Å². The van der Waals surface area contributed by atoms with Gasteiger partial charge in [-0.3, -0.25) is 4.90 Å². The van der Waals surface area contributed by atoms with Crippen molar-refractivity contribution in [1.82, 2.24) is 14.5 Å². The highest BCUT2D eigenvalue weighted by molar-refractivity contribution is 6.16. The van der Waals surface area contributed by atoms with E-state index in [4.69, 9.17) is 16.6 Å². The quantitative estimate of drug-likeness (QED) is 0.785. The normalized spacial score (nSPS) is 26.4. The maximum Gasteiger partial charge on any atom is 0.125 e. The summed E-state index contributed by atoms with van der Waals surface area (Å²) in [5.74, 6) is 1.53. The first-order valence-corrected chi connectivity index (χ1v) is 8.59. The van der Waals surface area contributed by atoms with Crippen LogP contribution in [0, 0.1) is 6.92 Å². The van der Waals surface area contributed by atoms with Crippen LogP contribution >= 0.6 is 11.6 Å². The van der Waals surface area contributed by atoms with E-state index in [-0.39, 0.29) is 0 Å². The van der Waals surface area contributed by atoms with E-state index in [1.54, 1.807) is 0 Å². The minimum absolute atomic E-state index is 0.497. The lowest BCUT2D eigenvalue weighted by Gasteiger charge is -2.33. The third kappa shape index (κ3) is 2.18. The van der Waals surface area contributed by atoms with E-state index in [0.717, 1.165) is 11.3 Å². The molecule has 0 radical (unpaired) electrons. The van der Waals surface area contributed by atoms with Crippen LogP contribution in [0.3, 0.4) is 0 Å². The number of hydrogen-bond donors (Lipinski definition) is 0. The van der Waals surface area contributed by atoms with Crippen molar-refractivity contribution in [1.29, 1.82) is 0 Å².